The molecule has 102 valence electrons. The maximum atomic E-state index is 6.17. The van der Waals surface area contributed by atoms with Crippen LogP contribution in [0.4, 0.5) is 0 Å². The normalized spacial score (nSPS) is 16.5. The molecule has 0 saturated heterocycles. The van der Waals surface area contributed by atoms with Crippen molar-refractivity contribution in [1.82, 2.24) is 10.1 Å². The van der Waals surface area contributed by atoms with Gasteiger partial charge in [0.25, 0.3) is 0 Å². The summed E-state index contributed by atoms with van der Waals surface area (Å²) in [5.74, 6) is 1.30. The molecule has 0 radical (unpaired) electrons. The molecule has 1 saturated carbocycles. The van der Waals surface area contributed by atoms with Gasteiger partial charge < -0.3 is 10.3 Å². The van der Waals surface area contributed by atoms with E-state index in [1.807, 2.05) is 6.07 Å². The monoisotopic (exact) mass is 391 g/mol. The van der Waals surface area contributed by atoms with Gasteiger partial charge in [-0.15, -0.1) is 12.4 Å². The molecule has 3 rings (SSSR count). The number of aromatic nitrogens is 2. The van der Waals surface area contributed by atoms with Crippen LogP contribution in [0.25, 0.3) is 0 Å². The molecule has 0 spiro atoms. The molecule has 0 amide bonds. The number of hydrogen-bond donors (Lipinski definition) is 1. The first-order valence-corrected chi connectivity index (χ1v) is 7.10. The molecule has 0 bridgehead atoms. The minimum atomic E-state index is -0.340. The van der Waals surface area contributed by atoms with Crippen LogP contribution in [0.2, 0.25) is 0 Å². The average Bonchev–Trinajstić information content (AvgIpc) is 2.75. The van der Waals surface area contributed by atoms with Crippen molar-refractivity contribution in [2.75, 3.05) is 0 Å². The lowest BCUT2D eigenvalue weighted by atomic mass is 9.77. The highest BCUT2D eigenvalue weighted by molar-refractivity contribution is 14.1. The van der Waals surface area contributed by atoms with Gasteiger partial charge in [-0.25, -0.2) is 0 Å². The Kier molecular flexibility index (Phi) is 4.47. The van der Waals surface area contributed by atoms with Crippen molar-refractivity contribution in [2.24, 2.45) is 5.73 Å². The van der Waals surface area contributed by atoms with Gasteiger partial charge in [0, 0.05) is 3.57 Å². The lowest BCUT2D eigenvalue weighted by Gasteiger charge is -2.34. The number of hydrogen-bond acceptors (Lipinski definition) is 4. The molecule has 2 aromatic rings. The van der Waals surface area contributed by atoms with Crippen LogP contribution in [-0.4, -0.2) is 10.1 Å². The van der Waals surface area contributed by atoms with Crippen molar-refractivity contribution < 1.29 is 4.52 Å². The van der Waals surface area contributed by atoms with Crippen LogP contribution in [0, 0.1) is 3.57 Å². The topological polar surface area (TPSA) is 64.9 Å². The SMILES string of the molecule is Cl.NC1(c2noc(Cc3cccc(I)c3)n2)CCC1. The van der Waals surface area contributed by atoms with Crippen molar-refractivity contribution in [3.05, 3.63) is 45.1 Å². The molecule has 1 aliphatic rings. The van der Waals surface area contributed by atoms with Gasteiger partial charge in [0.05, 0.1) is 12.0 Å². The van der Waals surface area contributed by atoms with Gasteiger partial charge in [-0.3, -0.25) is 0 Å². The van der Waals surface area contributed by atoms with Crippen LogP contribution in [-0.2, 0) is 12.0 Å². The van der Waals surface area contributed by atoms with Gasteiger partial charge in [-0.1, -0.05) is 17.3 Å². The summed E-state index contributed by atoms with van der Waals surface area (Å²) in [5, 5.41) is 4.02. The number of nitrogens with two attached hydrogens (primary N) is 1. The van der Waals surface area contributed by atoms with Crippen molar-refractivity contribution >= 4 is 35.0 Å². The quantitative estimate of drug-likeness (QED) is 0.817. The Balaban J connectivity index is 0.00000133. The molecule has 0 atom stereocenters. The molecule has 1 heterocycles. The Morgan fingerprint density at radius 2 is 2.16 bits per heavy atom. The summed E-state index contributed by atoms with van der Waals surface area (Å²) in [4.78, 5) is 4.42. The van der Waals surface area contributed by atoms with Crippen molar-refractivity contribution in [3.8, 4) is 0 Å². The van der Waals surface area contributed by atoms with Gasteiger partial charge >= 0.3 is 0 Å². The maximum Gasteiger partial charge on any atom is 0.231 e. The Bertz CT molecular complexity index is 569. The molecule has 4 nitrogen and oxygen atoms in total. The Hall–Kier alpha value is -0.660. The number of halogens is 2. The average molecular weight is 392 g/mol. The third-order valence-corrected chi connectivity index (χ3v) is 4.07. The van der Waals surface area contributed by atoms with E-state index in [0.717, 1.165) is 19.3 Å². The summed E-state index contributed by atoms with van der Waals surface area (Å²) in [6.45, 7) is 0. The van der Waals surface area contributed by atoms with Crippen molar-refractivity contribution in [2.45, 2.75) is 31.2 Å². The smallest absolute Gasteiger partial charge is 0.231 e. The van der Waals surface area contributed by atoms with Crippen LogP contribution < -0.4 is 5.73 Å². The van der Waals surface area contributed by atoms with E-state index in [-0.39, 0.29) is 17.9 Å². The highest BCUT2D eigenvalue weighted by Crippen LogP contribution is 2.36. The summed E-state index contributed by atoms with van der Waals surface area (Å²) in [6, 6.07) is 8.27. The Labute approximate surface area is 131 Å². The van der Waals surface area contributed by atoms with Crippen molar-refractivity contribution in [1.29, 1.82) is 0 Å². The Morgan fingerprint density at radius 1 is 1.37 bits per heavy atom. The van der Waals surface area contributed by atoms with E-state index in [4.69, 9.17) is 10.3 Å². The number of nitrogens with zero attached hydrogens (tertiary/aromatic N) is 2. The second-order valence-corrected chi connectivity index (χ2v) is 6.07. The minimum absolute atomic E-state index is 0. The third kappa shape index (κ3) is 3.09. The molecular formula is C13H15ClIN3O. The second kappa shape index (κ2) is 5.76. The summed E-state index contributed by atoms with van der Waals surface area (Å²) < 4.78 is 6.49. The van der Waals surface area contributed by atoms with Gasteiger partial charge in [-0.05, 0) is 59.5 Å². The Morgan fingerprint density at radius 3 is 2.79 bits per heavy atom. The van der Waals surface area contributed by atoms with E-state index in [0.29, 0.717) is 18.1 Å². The molecule has 0 aliphatic heterocycles. The highest BCUT2D eigenvalue weighted by Gasteiger charge is 2.38. The fourth-order valence-electron chi connectivity index (χ4n) is 2.13. The van der Waals surface area contributed by atoms with Crippen LogP contribution in [0.3, 0.4) is 0 Å². The minimum Gasteiger partial charge on any atom is -0.339 e. The van der Waals surface area contributed by atoms with E-state index < -0.39 is 0 Å². The summed E-state index contributed by atoms with van der Waals surface area (Å²) in [7, 11) is 0. The van der Waals surface area contributed by atoms with Crippen LogP contribution >= 0.6 is 35.0 Å². The second-order valence-electron chi connectivity index (χ2n) is 4.83. The molecule has 6 heteroatoms. The van der Waals surface area contributed by atoms with E-state index in [1.54, 1.807) is 0 Å². The van der Waals surface area contributed by atoms with Gasteiger partial charge in [0.1, 0.15) is 0 Å². The lowest BCUT2D eigenvalue weighted by molar-refractivity contribution is 0.229. The van der Waals surface area contributed by atoms with Gasteiger partial charge in [0.15, 0.2) is 5.82 Å². The fraction of sp³-hybridized carbons (Fsp3) is 0.385. The molecule has 1 aliphatic carbocycles. The standard InChI is InChI=1S/C13H14IN3O.ClH/c14-10-4-1-3-9(7-10)8-11-16-12(17-18-11)13(15)5-2-6-13;/h1,3-4,7H,2,5-6,8,15H2;1H. The number of rotatable bonds is 3. The van der Waals surface area contributed by atoms with E-state index in [1.165, 1.54) is 9.13 Å². The first-order chi connectivity index (χ1) is 8.66. The molecule has 0 unspecified atom stereocenters. The molecular weight excluding hydrogens is 377 g/mol. The lowest BCUT2D eigenvalue weighted by Crippen LogP contribution is -2.44. The largest absolute Gasteiger partial charge is 0.339 e. The zero-order chi connectivity index (χ0) is 12.6. The summed E-state index contributed by atoms with van der Waals surface area (Å²) in [5.41, 5.74) is 7.01. The molecule has 1 aromatic carbocycles. The summed E-state index contributed by atoms with van der Waals surface area (Å²) in [6.07, 6.45) is 3.72. The summed E-state index contributed by atoms with van der Waals surface area (Å²) >= 11 is 2.29. The number of benzene rings is 1. The predicted octanol–water partition coefficient (Wildman–Crippen LogP) is 3.02. The molecule has 1 fully saturated rings. The van der Waals surface area contributed by atoms with Gasteiger partial charge in [0.2, 0.25) is 5.89 Å². The van der Waals surface area contributed by atoms with Crippen LogP contribution in [0.5, 0.6) is 0 Å². The maximum absolute atomic E-state index is 6.17. The van der Waals surface area contributed by atoms with Crippen LogP contribution in [0.15, 0.2) is 28.8 Å². The zero-order valence-corrected chi connectivity index (χ0v) is 13.3. The van der Waals surface area contributed by atoms with Crippen molar-refractivity contribution in [3.63, 3.8) is 0 Å². The first-order valence-electron chi connectivity index (χ1n) is 6.02. The molecule has 19 heavy (non-hydrogen) atoms. The predicted molar refractivity (Wildman–Crippen MR) is 83.2 cm³/mol. The molecule has 2 N–H and O–H groups in total. The van der Waals surface area contributed by atoms with E-state index >= 15 is 0 Å². The van der Waals surface area contributed by atoms with E-state index in [9.17, 15) is 0 Å². The third-order valence-electron chi connectivity index (χ3n) is 3.40. The highest BCUT2D eigenvalue weighted by atomic mass is 127. The van der Waals surface area contributed by atoms with Crippen LogP contribution in [0.1, 0.15) is 36.5 Å². The molecule has 1 aromatic heterocycles. The van der Waals surface area contributed by atoms with Gasteiger partial charge in [-0.2, -0.15) is 4.98 Å². The fourth-order valence-corrected chi connectivity index (χ4v) is 2.74. The zero-order valence-electron chi connectivity index (χ0n) is 10.3. The van der Waals surface area contributed by atoms with E-state index in [2.05, 4.69) is 50.9 Å². The first kappa shape index (κ1) is 14.7.